The molecule has 2 aromatic rings. The van der Waals surface area contributed by atoms with E-state index in [4.69, 9.17) is 0 Å². The number of H-pyrrole nitrogens is 1. The van der Waals surface area contributed by atoms with Crippen LogP contribution in [0.1, 0.15) is 63.9 Å². The van der Waals surface area contributed by atoms with Crippen molar-refractivity contribution in [3.05, 3.63) is 36.0 Å². The summed E-state index contributed by atoms with van der Waals surface area (Å²) in [6, 6.07) is 8.66. The second kappa shape index (κ2) is 6.63. The van der Waals surface area contributed by atoms with Crippen molar-refractivity contribution in [2.75, 3.05) is 0 Å². The van der Waals surface area contributed by atoms with Gasteiger partial charge in [0.2, 0.25) is 0 Å². The maximum atomic E-state index is 3.40. The largest absolute Gasteiger partial charge is 0.361 e. The summed E-state index contributed by atoms with van der Waals surface area (Å²) in [7, 11) is 0. The third-order valence-electron chi connectivity index (χ3n) is 3.96. The SMILES string of the molecule is CCCCCCC(CC)c1c[nH]c2ccccc12. The zero-order chi connectivity index (χ0) is 12.8. The Morgan fingerprint density at radius 2 is 1.89 bits per heavy atom. The fraction of sp³-hybridized carbons (Fsp3) is 0.529. The molecule has 1 heteroatoms. The molecule has 0 spiro atoms. The molecule has 0 aliphatic heterocycles. The summed E-state index contributed by atoms with van der Waals surface area (Å²) < 4.78 is 0. The van der Waals surface area contributed by atoms with Crippen LogP contribution >= 0.6 is 0 Å². The van der Waals surface area contributed by atoms with Gasteiger partial charge in [0.05, 0.1) is 0 Å². The monoisotopic (exact) mass is 243 g/mol. The van der Waals surface area contributed by atoms with Crippen molar-refractivity contribution >= 4 is 10.9 Å². The molecule has 0 fully saturated rings. The quantitative estimate of drug-likeness (QED) is 0.606. The van der Waals surface area contributed by atoms with Gasteiger partial charge in [-0.3, -0.25) is 0 Å². The minimum atomic E-state index is 0.720. The molecule has 1 unspecified atom stereocenters. The molecule has 0 saturated heterocycles. The summed E-state index contributed by atoms with van der Waals surface area (Å²) >= 11 is 0. The molecule has 1 N–H and O–H groups in total. The fourth-order valence-corrected chi connectivity index (χ4v) is 2.83. The van der Waals surface area contributed by atoms with E-state index in [1.807, 2.05) is 0 Å². The van der Waals surface area contributed by atoms with Gasteiger partial charge in [-0.2, -0.15) is 0 Å². The van der Waals surface area contributed by atoms with Crippen LogP contribution in [0.25, 0.3) is 10.9 Å². The molecule has 1 atom stereocenters. The van der Waals surface area contributed by atoms with Crippen molar-refractivity contribution in [1.82, 2.24) is 4.98 Å². The molecule has 0 amide bonds. The van der Waals surface area contributed by atoms with Crippen LogP contribution in [0.15, 0.2) is 30.5 Å². The van der Waals surface area contributed by atoms with Gasteiger partial charge in [-0.05, 0) is 30.4 Å². The molecule has 1 aromatic heterocycles. The smallest absolute Gasteiger partial charge is 0.0456 e. The van der Waals surface area contributed by atoms with Gasteiger partial charge in [-0.15, -0.1) is 0 Å². The molecule has 98 valence electrons. The number of fused-ring (bicyclic) bond motifs is 1. The van der Waals surface area contributed by atoms with Crippen LogP contribution < -0.4 is 0 Å². The van der Waals surface area contributed by atoms with E-state index in [1.165, 1.54) is 55.0 Å². The highest BCUT2D eigenvalue weighted by molar-refractivity contribution is 5.83. The molecule has 0 aliphatic carbocycles. The number of aromatic nitrogens is 1. The maximum Gasteiger partial charge on any atom is 0.0456 e. The minimum Gasteiger partial charge on any atom is -0.361 e. The summed E-state index contributed by atoms with van der Waals surface area (Å²) in [5.41, 5.74) is 2.80. The summed E-state index contributed by atoms with van der Waals surface area (Å²) in [6.45, 7) is 4.59. The van der Waals surface area contributed by atoms with E-state index in [0.717, 1.165) is 5.92 Å². The van der Waals surface area contributed by atoms with Gasteiger partial charge in [0.25, 0.3) is 0 Å². The van der Waals surface area contributed by atoms with Crippen LogP contribution in [0, 0.1) is 0 Å². The Hall–Kier alpha value is -1.24. The lowest BCUT2D eigenvalue weighted by Gasteiger charge is -2.14. The molecule has 0 aliphatic rings. The van der Waals surface area contributed by atoms with Crippen LogP contribution in [0.4, 0.5) is 0 Å². The van der Waals surface area contributed by atoms with Gasteiger partial charge in [-0.25, -0.2) is 0 Å². The standard InChI is InChI=1S/C17H25N/c1-3-5-6-7-10-14(4-2)16-13-18-17-12-9-8-11-15(16)17/h8-9,11-14,18H,3-7,10H2,1-2H3. The zero-order valence-corrected chi connectivity index (χ0v) is 11.7. The van der Waals surface area contributed by atoms with Crippen LogP contribution in [0.3, 0.4) is 0 Å². The van der Waals surface area contributed by atoms with Gasteiger partial charge < -0.3 is 4.98 Å². The zero-order valence-electron chi connectivity index (χ0n) is 11.7. The number of hydrogen-bond donors (Lipinski definition) is 1. The third-order valence-corrected chi connectivity index (χ3v) is 3.96. The van der Waals surface area contributed by atoms with Gasteiger partial charge in [0, 0.05) is 17.1 Å². The number of unbranched alkanes of at least 4 members (excludes halogenated alkanes) is 3. The number of nitrogens with one attached hydrogen (secondary N) is 1. The predicted octanol–water partition coefficient (Wildman–Crippen LogP) is 5.63. The second-order valence-corrected chi connectivity index (χ2v) is 5.24. The lowest BCUT2D eigenvalue weighted by Crippen LogP contribution is -1.96. The van der Waals surface area contributed by atoms with Crippen LogP contribution in [0.5, 0.6) is 0 Å². The van der Waals surface area contributed by atoms with E-state index in [0.29, 0.717) is 0 Å². The first-order valence-electron chi connectivity index (χ1n) is 7.42. The first-order valence-corrected chi connectivity index (χ1v) is 7.42. The number of aromatic amines is 1. The van der Waals surface area contributed by atoms with Crippen molar-refractivity contribution in [2.45, 2.75) is 58.3 Å². The van der Waals surface area contributed by atoms with Crippen molar-refractivity contribution in [3.8, 4) is 0 Å². The number of para-hydroxylation sites is 1. The predicted molar refractivity (Wildman–Crippen MR) is 80.1 cm³/mol. The Kier molecular flexibility index (Phi) is 4.86. The molecular weight excluding hydrogens is 218 g/mol. The average molecular weight is 243 g/mol. The highest BCUT2D eigenvalue weighted by atomic mass is 14.7. The maximum absolute atomic E-state index is 3.40. The van der Waals surface area contributed by atoms with Gasteiger partial charge in [-0.1, -0.05) is 57.7 Å². The Morgan fingerprint density at radius 3 is 2.67 bits per heavy atom. The third kappa shape index (κ3) is 2.95. The number of benzene rings is 1. The first kappa shape index (κ1) is 13.2. The number of rotatable bonds is 7. The minimum absolute atomic E-state index is 0.720. The highest BCUT2D eigenvalue weighted by Gasteiger charge is 2.13. The fourth-order valence-electron chi connectivity index (χ4n) is 2.83. The van der Waals surface area contributed by atoms with Gasteiger partial charge in [0.1, 0.15) is 0 Å². The normalized spacial score (nSPS) is 13.0. The van der Waals surface area contributed by atoms with Crippen molar-refractivity contribution in [2.24, 2.45) is 0 Å². The average Bonchev–Trinajstić information content (AvgIpc) is 2.83. The van der Waals surface area contributed by atoms with Crippen molar-refractivity contribution < 1.29 is 0 Å². The number of hydrogen-bond acceptors (Lipinski definition) is 0. The molecule has 18 heavy (non-hydrogen) atoms. The van der Waals surface area contributed by atoms with Crippen LogP contribution in [-0.2, 0) is 0 Å². The van der Waals surface area contributed by atoms with Crippen LogP contribution in [0.2, 0.25) is 0 Å². The highest BCUT2D eigenvalue weighted by Crippen LogP contribution is 2.31. The van der Waals surface area contributed by atoms with Gasteiger partial charge >= 0.3 is 0 Å². The molecule has 1 heterocycles. The van der Waals surface area contributed by atoms with Crippen molar-refractivity contribution in [3.63, 3.8) is 0 Å². The molecule has 2 rings (SSSR count). The Labute approximate surface area is 111 Å². The second-order valence-electron chi connectivity index (χ2n) is 5.24. The summed E-state index contributed by atoms with van der Waals surface area (Å²) in [4.78, 5) is 3.40. The van der Waals surface area contributed by atoms with E-state index in [9.17, 15) is 0 Å². The topological polar surface area (TPSA) is 15.8 Å². The lowest BCUT2D eigenvalue weighted by molar-refractivity contribution is 0.545. The molecule has 1 nitrogen and oxygen atoms in total. The van der Waals surface area contributed by atoms with E-state index < -0.39 is 0 Å². The summed E-state index contributed by atoms with van der Waals surface area (Å²) in [5, 5.41) is 1.42. The van der Waals surface area contributed by atoms with Crippen LogP contribution in [-0.4, -0.2) is 4.98 Å². The molecule has 1 aromatic carbocycles. The van der Waals surface area contributed by atoms with Crippen molar-refractivity contribution in [1.29, 1.82) is 0 Å². The van der Waals surface area contributed by atoms with E-state index in [2.05, 4.69) is 49.3 Å². The molecule has 0 saturated carbocycles. The molecule has 0 bridgehead atoms. The Morgan fingerprint density at radius 1 is 1.06 bits per heavy atom. The Bertz CT molecular complexity index is 469. The van der Waals surface area contributed by atoms with E-state index >= 15 is 0 Å². The molecule has 0 radical (unpaired) electrons. The van der Waals surface area contributed by atoms with E-state index in [1.54, 1.807) is 0 Å². The van der Waals surface area contributed by atoms with Gasteiger partial charge in [0.15, 0.2) is 0 Å². The molecular formula is C17H25N. The lowest BCUT2D eigenvalue weighted by atomic mass is 9.90. The first-order chi connectivity index (χ1) is 8.86. The Balaban J connectivity index is 2.07. The summed E-state index contributed by atoms with van der Waals surface area (Å²) in [5.74, 6) is 0.720. The summed E-state index contributed by atoms with van der Waals surface area (Å²) in [6.07, 6.45) is 10.3. The van der Waals surface area contributed by atoms with E-state index in [-0.39, 0.29) is 0 Å².